The highest BCUT2D eigenvalue weighted by molar-refractivity contribution is 5.89. The Morgan fingerprint density at radius 3 is 2.83 bits per heavy atom. The first-order valence-corrected chi connectivity index (χ1v) is 10.2. The average molecular weight is 405 g/mol. The fraction of sp³-hybridized carbons (Fsp3) is 0.375. The molecule has 1 fully saturated rings. The van der Waals surface area contributed by atoms with Crippen molar-refractivity contribution in [2.45, 2.75) is 19.9 Å². The predicted octanol–water partition coefficient (Wildman–Crippen LogP) is 3.11. The Balaban J connectivity index is 1.80. The molecule has 3 heterocycles. The second kappa shape index (κ2) is 9.31. The van der Waals surface area contributed by atoms with Gasteiger partial charge in [-0.15, -0.1) is 0 Å². The minimum Gasteiger partial charge on any atom is -0.496 e. The summed E-state index contributed by atoms with van der Waals surface area (Å²) >= 11 is 0. The number of hydrogen-bond acceptors (Lipinski definition) is 5. The largest absolute Gasteiger partial charge is 0.496 e. The Labute approximate surface area is 176 Å². The fourth-order valence-corrected chi connectivity index (χ4v) is 3.84. The Morgan fingerprint density at radius 1 is 1.27 bits per heavy atom. The van der Waals surface area contributed by atoms with Gasteiger partial charge in [-0.2, -0.15) is 0 Å². The molecule has 0 spiro atoms. The van der Waals surface area contributed by atoms with Crippen LogP contribution in [0.2, 0.25) is 0 Å². The molecule has 0 radical (unpaired) electrons. The third kappa shape index (κ3) is 4.34. The van der Waals surface area contributed by atoms with Crippen LogP contribution in [0.25, 0.3) is 22.3 Å². The van der Waals surface area contributed by atoms with Crippen molar-refractivity contribution in [3.05, 3.63) is 47.2 Å². The van der Waals surface area contributed by atoms with Crippen LogP contribution in [0.5, 0.6) is 5.75 Å². The van der Waals surface area contributed by atoms with E-state index in [9.17, 15) is 0 Å². The SMILES string of the molecule is COc1ccc(-c2[nH]c3ncc(C#CCCO)cc3c2CN2CCOCC2)cc1C. The maximum Gasteiger partial charge on any atom is 0.138 e. The first-order chi connectivity index (χ1) is 14.7. The molecule has 1 aromatic carbocycles. The lowest BCUT2D eigenvalue weighted by Crippen LogP contribution is -2.35. The molecule has 1 aliphatic heterocycles. The van der Waals surface area contributed by atoms with Crippen LogP contribution in [-0.2, 0) is 11.3 Å². The summed E-state index contributed by atoms with van der Waals surface area (Å²) < 4.78 is 11.0. The molecule has 4 rings (SSSR count). The summed E-state index contributed by atoms with van der Waals surface area (Å²) in [4.78, 5) is 10.6. The lowest BCUT2D eigenvalue weighted by molar-refractivity contribution is 0.0344. The molecule has 0 aliphatic carbocycles. The Kier molecular flexibility index (Phi) is 6.34. The van der Waals surface area contributed by atoms with Crippen LogP contribution < -0.4 is 4.74 Å². The molecule has 3 aromatic rings. The smallest absolute Gasteiger partial charge is 0.138 e. The first-order valence-electron chi connectivity index (χ1n) is 10.2. The maximum absolute atomic E-state index is 8.98. The van der Waals surface area contributed by atoms with Crippen LogP contribution in [0, 0.1) is 18.8 Å². The molecule has 1 saturated heterocycles. The Hall–Kier alpha value is -2.85. The van der Waals surface area contributed by atoms with E-state index >= 15 is 0 Å². The van der Waals surface area contributed by atoms with E-state index in [1.165, 1.54) is 5.56 Å². The van der Waals surface area contributed by atoms with Crippen molar-refractivity contribution in [1.82, 2.24) is 14.9 Å². The van der Waals surface area contributed by atoms with Gasteiger partial charge in [0, 0.05) is 48.8 Å². The van der Waals surface area contributed by atoms with E-state index in [1.54, 1.807) is 13.3 Å². The summed E-state index contributed by atoms with van der Waals surface area (Å²) in [6.07, 6.45) is 2.24. The fourth-order valence-electron chi connectivity index (χ4n) is 3.84. The molecule has 0 saturated carbocycles. The van der Waals surface area contributed by atoms with Gasteiger partial charge in [0.15, 0.2) is 0 Å². The first kappa shape index (κ1) is 20.4. The number of pyridine rings is 1. The van der Waals surface area contributed by atoms with Crippen molar-refractivity contribution in [2.75, 3.05) is 40.0 Å². The summed E-state index contributed by atoms with van der Waals surface area (Å²) in [5.41, 5.74) is 6.21. The number of aromatic amines is 1. The lowest BCUT2D eigenvalue weighted by Gasteiger charge is -2.26. The molecule has 6 nitrogen and oxygen atoms in total. The number of aryl methyl sites for hydroxylation is 1. The van der Waals surface area contributed by atoms with Gasteiger partial charge in [-0.1, -0.05) is 11.8 Å². The van der Waals surface area contributed by atoms with Crippen molar-refractivity contribution < 1.29 is 14.6 Å². The van der Waals surface area contributed by atoms with E-state index in [-0.39, 0.29) is 6.61 Å². The molecule has 0 atom stereocenters. The third-order valence-corrected chi connectivity index (χ3v) is 5.40. The van der Waals surface area contributed by atoms with Gasteiger partial charge >= 0.3 is 0 Å². The van der Waals surface area contributed by atoms with Gasteiger partial charge in [-0.05, 0) is 42.3 Å². The average Bonchev–Trinajstić information content (AvgIpc) is 3.12. The minimum absolute atomic E-state index is 0.0656. The van der Waals surface area contributed by atoms with Crippen LogP contribution in [-0.4, -0.2) is 60.0 Å². The van der Waals surface area contributed by atoms with E-state index in [2.05, 4.69) is 51.8 Å². The quantitative estimate of drug-likeness (QED) is 0.639. The van der Waals surface area contributed by atoms with Crippen LogP contribution in [0.4, 0.5) is 0 Å². The van der Waals surface area contributed by atoms with E-state index in [1.807, 2.05) is 6.07 Å². The second-order valence-corrected chi connectivity index (χ2v) is 7.45. The highest BCUT2D eigenvalue weighted by atomic mass is 16.5. The van der Waals surface area contributed by atoms with E-state index in [4.69, 9.17) is 14.6 Å². The van der Waals surface area contributed by atoms with Gasteiger partial charge in [0.2, 0.25) is 0 Å². The summed E-state index contributed by atoms with van der Waals surface area (Å²) in [5, 5.41) is 10.1. The van der Waals surface area contributed by atoms with Gasteiger partial charge in [-0.3, -0.25) is 4.90 Å². The van der Waals surface area contributed by atoms with Gasteiger partial charge in [0.05, 0.1) is 32.6 Å². The van der Waals surface area contributed by atoms with Crippen LogP contribution in [0.1, 0.15) is 23.1 Å². The number of hydrogen-bond donors (Lipinski definition) is 2. The summed E-state index contributed by atoms with van der Waals surface area (Å²) in [6, 6.07) is 8.34. The highest BCUT2D eigenvalue weighted by Crippen LogP contribution is 2.33. The lowest BCUT2D eigenvalue weighted by atomic mass is 10.0. The molecule has 156 valence electrons. The molecular weight excluding hydrogens is 378 g/mol. The second-order valence-electron chi connectivity index (χ2n) is 7.45. The molecule has 1 aliphatic rings. The molecule has 2 aromatic heterocycles. The standard InChI is InChI=1S/C24H27N3O3/c1-17-13-19(6-7-22(17)29-2)23-21(16-27-8-11-30-12-9-27)20-14-18(5-3-4-10-28)15-25-24(20)26-23/h6-7,13-15,28H,4,8-12,16H2,1-2H3,(H,25,26). The Morgan fingerprint density at radius 2 is 2.10 bits per heavy atom. The number of methoxy groups -OCH3 is 1. The number of aliphatic hydroxyl groups is 1. The van der Waals surface area contributed by atoms with Crippen molar-refractivity contribution in [3.8, 4) is 28.8 Å². The number of benzene rings is 1. The summed E-state index contributed by atoms with van der Waals surface area (Å²) in [5.74, 6) is 6.97. The summed E-state index contributed by atoms with van der Waals surface area (Å²) in [7, 11) is 1.69. The number of fused-ring (bicyclic) bond motifs is 1. The number of rotatable bonds is 5. The number of aromatic nitrogens is 2. The number of ether oxygens (including phenoxy) is 2. The zero-order valence-corrected chi connectivity index (χ0v) is 17.5. The van der Waals surface area contributed by atoms with Crippen molar-refractivity contribution in [1.29, 1.82) is 0 Å². The zero-order chi connectivity index (χ0) is 20.9. The normalized spacial score (nSPS) is 14.5. The van der Waals surface area contributed by atoms with Crippen LogP contribution in [0.15, 0.2) is 30.5 Å². The molecule has 0 unspecified atom stereocenters. The van der Waals surface area contributed by atoms with Crippen molar-refractivity contribution >= 4 is 11.0 Å². The molecule has 0 bridgehead atoms. The topological polar surface area (TPSA) is 70.6 Å². The molecule has 6 heteroatoms. The van der Waals surface area contributed by atoms with Gasteiger partial charge < -0.3 is 19.6 Å². The van der Waals surface area contributed by atoms with Crippen molar-refractivity contribution in [2.24, 2.45) is 0 Å². The number of nitrogens with zero attached hydrogens (tertiary/aromatic N) is 2. The van der Waals surface area contributed by atoms with E-state index in [0.29, 0.717) is 6.42 Å². The molecule has 0 amide bonds. The van der Waals surface area contributed by atoms with Gasteiger partial charge in [0.1, 0.15) is 11.4 Å². The number of nitrogens with one attached hydrogen (secondary N) is 1. The molecule has 30 heavy (non-hydrogen) atoms. The van der Waals surface area contributed by atoms with Crippen LogP contribution >= 0.6 is 0 Å². The number of H-pyrrole nitrogens is 1. The monoisotopic (exact) mass is 405 g/mol. The molecular formula is C24H27N3O3. The van der Waals surface area contributed by atoms with Gasteiger partial charge in [-0.25, -0.2) is 4.98 Å². The minimum atomic E-state index is 0.0656. The van der Waals surface area contributed by atoms with Gasteiger partial charge in [0.25, 0.3) is 0 Å². The number of aliphatic hydroxyl groups excluding tert-OH is 1. The van der Waals surface area contributed by atoms with E-state index in [0.717, 1.165) is 72.0 Å². The zero-order valence-electron chi connectivity index (χ0n) is 17.5. The Bertz CT molecular complexity index is 1090. The van der Waals surface area contributed by atoms with Crippen LogP contribution in [0.3, 0.4) is 0 Å². The summed E-state index contributed by atoms with van der Waals surface area (Å²) in [6.45, 7) is 6.29. The maximum atomic E-state index is 8.98. The number of morpholine rings is 1. The highest BCUT2D eigenvalue weighted by Gasteiger charge is 2.19. The molecule has 2 N–H and O–H groups in total. The van der Waals surface area contributed by atoms with E-state index < -0.39 is 0 Å². The third-order valence-electron chi connectivity index (χ3n) is 5.40. The predicted molar refractivity (Wildman–Crippen MR) is 117 cm³/mol. The van der Waals surface area contributed by atoms with Crippen molar-refractivity contribution in [3.63, 3.8) is 0 Å².